The molecule has 4 saturated carbocycles. The zero-order chi connectivity index (χ0) is 20.1. The second-order valence-electron chi connectivity index (χ2n) is 9.81. The summed E-state index contributed by atoms with van der Waals surface area (Å²) in [5.41, 5.74) is 4.59. The van der Waals surface area contributed by atoms with Crippen molar-refractivity contribution < 1.29 is 4.79 Å². The van der Waals surface area contributed by atoms with Crippen LogP contribution in [0, 0.1) is 18.8 Å². The Morgan fingerprint density at radius 3 is 2.52 bits per heavy atom. The summed E-state index contributed by atoms with van der Waals surface area (Å²) in [6.07, 6.45) is 8.74. The van der Waals surface area contributed by atoms with Crippen LogP contribution in [0.3, 0.4) is 0 Å². The summed E-state index contributed by atoms with van der Waals surface area (Å²) in [5.74, 6) is 1.62. The molecule has 2 aromatic rings. The maximum Gasteiger partial charge on any atom is 0.321 e. The first-order valence-corrected chi connectivity index (χ1v) is 12.0. The maximum absolute atomic E-state index is 12.0. The molecule has 1 heterocycles. The molecule has 4 bridgehead atoms. The van der Waals surface area contributed by atoms with E-state index in [9.17, 15) is 4.79 Å². The van der Waals surface area contributed by atoms with E-state index in [1.807, 2.05) is 0 Å². The molecule has 6 rings (SSSR count). The van der Waals surface area contributed by atoms with Gasteiger partial charge in [0.25, 0.3) is 0 Å². The highest BCUT2D eigenvalue weighted by molar-refractivity contribution is 7.13. The van der Waals surface area contributed by atoms with Crippen LogP contribution in [0.2, 0.25) is 0 Å². The summed E-state index contributed by atoms with van der Waals surface area (Å²) in [4.78, 5) is 17.0. The van der Waals surface area contributed by atoms with Crippen LogP contribution < -0.4 is 10.6 Å². The lowest BCUT2D eigenvalue weighted by atomic mass is 9.42. The number of urea groups is 1. The minimum absolute atomic E-state index is 0.144. The van der Waals surface area contributed by atoms with Crippen molar-refractivity contribution in [3.63, 3.8) is 0 Å². The number of rotatable bonds is 5. The second-order valence-corrected chi connectivity index (χ2v) is 10.7. The molecule has 0 spiro atoms. The van der Waals surface area contributed by atoms with Gasteiger partial charge in [0, 0.05) is 17.3 Å². The number of thiazole rings is 1. The van der Waals surface area contributed by atoms with E-state index in [1.54, 1.807) is 11.3 Å². The summed E-state index contributed by atoms with van der Waals surface area (Å²) in [6.45, 7) is 4.92. The molecule has 0 saturated heterocycles. The zero-order valence-electron chi connectivity index (χ0n) is 17.5. The van der Waals surface area contributed by atoms with E-state index in [2.05, 4.69) is 54.1 Å². The molecule has 0 radical (unpaired) electrons. The Balaban J connectivity index is 1.42. The fourth-order valence-electron chi connectivity index (χ4n) is 6.76. The fourth-order valence-corrected chi connectivity index (χ4v) is 7.59. The number of aromatic nitrogens is 1. The smallest absolute Gasteiger partial charge is 0.321 e. The Morgan fingerprint density at radius 1 is 1.14 bits per heavy atom. The van der Waals surface area contributed by atoms with E-state index in [1.165, 1.54) is 55.3 Å². The molecule has 2 amide bonds. The van der Waals surface area contributed by atoms with Crippen LogP contribution >= 0.6 is 11.3 Å². The van der Waals surface area contributed by atoms with Gasteiger partial charge < -0.3 is 5.32 Å². The van der Waals surface area contributed by atoms with E-state index < -0.39 is 0 Å². The minimum Gasteiger partial charge on any atom is -0.338 e. The van der Waals surface area contributed by atoms with Crippen molar-refractivity contribution in [3.05, 3.63) is 46.5 Å². The zero-order valence-corrected chi connectivity index (χ0v) is 18.3. The Morgan fingerprint density at radius 2 is 1.83 bits per heavy atom. The molecule has 1 aromatic heterocycles. The lowest BCUT2D eigenvalue weighted by molar-refractivity contribution is -0.0296. The highest BCUT2D eigenvalue weighted by Crippen LogP contribution is 2.66. The van der Waals surface area contributed by atoms with Gasteiger partial charge in [-0.05, 0) is 74.7 Å². The first-order chi connectivity index (χ1) is 14.0. The molecule has 4 aliphatic rings. The number of aryl methyl sites for hydroxylation is 1. The molecule has 0 unspecified atom stereocenters. The molecule has 29 heavy (non-hydrogen) atoms. The quantitative estimate of drug-likeness (QED) is 0.658. The predicted molar refractivity (Wildman–Crippen MR) is 119 cm³/mol. The van der Waals surface area contributed by atoms with Gasteiger partial charge in [-0.15, -0.1) is 11.3 Å². The number of anilines is 1. The summed E-state index contributed by atoms with van der Waals surface area (Å²) in [5, 5.41) is 8.75. The van der Waals surface area contributed by atoms with Crippen LogP contribution in [0.5, 0.6) is 0 Å². The van der Waals surface area contributed by atoms with Crippen molar-refractivity contribution in [2.75, 3.05) is 11.9 Å². The van der Waals surface area contributed by atoms with Gasteiger partial charge >= 0.3 is 6.03 Å². The molecule has 4 nitrogen and oxygen atoms in total. The van der Waals surface area contributed by atoms with Crippen molar-refractivity contribution in [3.8, 4) is 0 Å². The van der Waals surface area contributed by atoms with Gasteiger partial charge in [-0.3, -0.25) is 5.32 Å². The Kier molecular flexibility index (Phi) is 4.69. The van der Waals surface area contributed by atoms with Crippen molar-refractivity contribution in [1.82, 2.24) is 10.3 Å². The van der Waals surface area contributed by atoms with Crippen LogP contribution in [-0.2, 0) is 10.8 Å². The van der Waals surface area contributed by atoms with Crippen LogP contribution in [0.4, 0.5) is 9.93 Å². The summed E-state index contributed by atoms with van der Waals surface area (Å²) in [6, 6.07) is 9.17. The van der Waals surface area contributed by atoms with Gasteiger partial charge in [0.1, 0.15) is 0 Å². The van der Waals surface area contributed by atoms with E-state index in [-0.39, 0.29) is 11.4 Å². The first-order valence-electron chi connectivity index (χ1n) is 11.1. The van der Waals surface area contributed by atoms with Gasteiger partial charge in [0.15, 0.2) is 5.13 Å². The van der Waals surface area contributed by atoms with Gasteiger partial charge in [-0.1, -0.05) is 36.8 Å². The van der Waals surface area contributed by atoms with Crippen molar-refractivity contribution in [2.45, 2.75) is 69.6 Å². The Labute approximate surface area is 177 Å². The molecule has 1 aromatic carbocycles. The summed E-state index contributed by atoms with van der Waals surface area (Å²) < 4.78 is 0. The first kappa shape index (κ1) is 19.1. The largest absolute Gasteiger partial charge is 0.338 e. The van der Waals surface area contributed by atoms with E-state index >= 15 is 0 Å². The third-order valence-electron chi connectivity index (χ3n) is 7.53. The number of amides is 2. The Bertz CT molecular complexity index is 889. The lowest BCUT2D eigenvalue weighted by Gasteiger charge is -2.62. The molecule has 0 aliphatic heterocycles. The van der Waals surface area contributed by atoms with Crippen LogP contribution in [-0.4, -0.2) is 17.6 Å². The maximum atomic E-state index is 12.0. The number of hydrogen-bond acceptors (Lipinski definition) is 3. The molecule has 4 fully saturated rings. The summed E-state index contributed by atoms with van der Waals surface area (Å²) in [7, 11) is 0. The topological polar surface area (TPSA) is 54.0 Å². The minimum atomic E-state index is -0.144. The molecular formula is C24H31N3OS. The predicted octanol–water partition coefficient (Wildman–Crippen LogP) is 5.77. The molecule has 4 aliphatic carbocycles. The number of benzene rings is 1. The molecule has 154 valence electrons. The van der Waals surface area contributed by atoms with E-state index in [4.69, 9.17) is 4.98 Å². The molecule has 2 N–H and O–H groups in total. The van der Waals surface area contributed by atoms with E-state index in [0.29, 0.717) is 12.0 Å². The van der Waals surface area contributed by atoms with Crippen molar-refractivity contribution in [1.29, 1.82) is 0 Å². The monoisotopic (exact) mass is 409 g/mol. The Hall–Kier alpha value is -1.88. The second kappa shape index (κ2) is 7.12. The van der Waals surface area contributed by atoms with Crippen molar-refractivity contribution >= 4 is 22.5 Å². The average Bonchev–Trinajstić information content (AvgIpc) is 3.15. The highest BCUT2D eigenvalue weighted by atomic mass is 32.1. The standard InChI is InChI=1S/C24H31N3OS/c1-3-8-25-21(28)27-22-26-20(14-29-22)24-12-17-9-18(13-24)11-23(10-17,15-24)19-6-4-16(2)5-7-19/h4-7,14,17-18H,3,8-13,15H2,1-2H3,(H2,25,26,27,28)/t17-,18-,23?,24?/m0/s1. The number of carbonyl (C=O) groups excluding carboxylic acids is 1. The highest BCUT2D eigenvalue weighted by Gasteiger charge is 2.59. The van der Waals surface area contributed by atoms with Gasteiger partial charge in [-0.2, -0.15) is 0 Å². The van der Waals surface area contributed by atoms with Gasteiger partial charge in [-0.25, -0.2) is 9.78 Å². The number of carbonyl (C=O) groups is 1. The van der Waals surface area contributed by atoms with Gasteiger partial charge in [0.2, 0.25) is 0 Å². The molecular weight excluding hydrogens is 378 g/mol. The molecule has 5 heteroatoms. The van der Waals surface area contributed by atoms with Crippen LogP contribution in [0.25, 0.3) is 0 Å². The molecule has 2 atom stereocenters. The number of hydrogen-bond donors (Lipinski definition) is 2. The van der Waals surface area contributed by atoms with E-state index in [0.717, 1.165) is 23.4 Å². The third kappa shape index (κ3) is 3.37. The number of nitrogens with zero attached hydrogens (tertiary/aromatic N) is 1. The average molecular weight is 410 g/mol. The van der Waals surface area contributed by atoms with Crippen molar-refractivity contribution in [2.24, 2.45) is 11.8 Å². The van der Waals surface area contributed by atoms with Gasteiger partial charge in [0.05, 0.1) is 5.69 Å². The van der Waals surface area contributed by atoms with Crippen LogP contribution in [0.15, 0.2) is 29.6 Å². The van der Waals surface area contributed by atoms with Crippen LogP contribution in [0.1, 0.15) is 68.7 Å². The SMILES string of the molecule is CCCNC(=O)Nc1nc(C23C[C@H]4C[C@@H](CC(c5ccc(C)cc5)(C4)C2)C3)cs1. The number of nitrogens with one attached hydrogen (secondary N) is 2. The normalized spacial score (nSPS) is 32.3. The third-order valence-corrected chi connectivity index (χ3v) is 8.29. The summed E-state index contributed by atoms with van der Waals surface area (Å²) >= 11 is 1.57. The lowest BCUT2D eigenvalue weighted by Crippen LogP contribution is -2.56. The fraction of sp³-hybridized carbons (Fsp3) is 0.583.